The van der Waals surface area contributed by atoms with Crippen LogP contribution in [0, 0.1) is 5.92 Å². The maximum absolute atomic E-state index is 5.97. The average molecular weight is 346 g/mol. The van der Waals surface area contributed by atoms with Crippen LogP contribution in [-0.4, -0.2) is 24.5 Å². The Morgan fingerprint density at radius 1 is 1.19 bits per heavy atom. The lowest BCUT2D eigenvalue weighted by Crippen LogP contribution is -2.06. The van der Waals surface area contributed by atoms with Crippen molar-refractivity contribution < 1.29 is 0 Å². The molecule has 4 aromatic rings. The lowest BCUT2D eigenvalue weighted by Gasteiger charge is -2.14. The molecule has 6 nitrogen and oxygen atoms in total. The smallest absolute Gasteiger partial charge is 0.145 e. The van der Waals surface area contributed by atoms with E-state index in [9.17, 15) is 0 Å². The van der Waals surface area contributed by atoms with Gasteiger partial charge >= 0.3 is 0 Å². The number of nitrogens with two attached hydrogens (primary N) is 1. The third kappa shape index (κ3) is 2.62. The van der Waals surface area contributed by atoms with Crippen molar-refractivity contribution in [1.82, 2.24) is 24.5 Å². The number of hydrogen-bond acceptors (Lipinski definition) is 4. The molecule has 0 spiro atoms. The van der Waals surface area contributed by atoms with Crippen molar-refractivity contribution in [3.05, 3.63) is 48.7 Å². The van der Waals surface area contributed by atoms with E-state index in [0.29, 0.717) is 11.9 Å². The molecule has 2 atom stereocenters. The van der Waals surface area contributed by atoms with Crippen molar-refractivity contribution in [1.29, 1.82) is 0 Å². The molecule has 0 aromatic carbocycles. The van der Waals surface area contributed by atoms with E-state index in [0.717, 1.165) is 29.0 Å². The van der Waals surface area contributed by atoms with Gasteiger partial charge in [0.25, 0.3) is 0 Å². The number of aromatic nitrogens is 5. The topological polar surface area (TPSA) is 85.4 Å². The Hall–Kier alpha value is -2.89. The SMILES string of the molecule is Nc1ncnc2c1ccn2C1CCC(CCc2cnc3[nH]ccc3c2)C1. The first-order valence-electron chi connectivity index (χ1n) is 9.27. The zero-order valence-corrected chi connectivity index (χ0v) is 14.6. The predicted molar refractivity (Wildman–Crippen MR) is 103 cm³/mol. The highest BCUT2D eigenvalue weighted by Gasteiger charge is 2.27. The molecular formula is C20H22N6. The van der Waals surface area contributed by atoms with Gasteiger partial charge in [-0.3, -0.25) is 0 Å². The van der Waals surface area contributed by atoms with E-state index in [1.807, 2.05) is 18.5 Å². The fraction of sp³-hybridized carbons (Fsp3) is 0.350. The van der Waals surface area contributed by atoms with E-state index < -0.39 is 0 Å². The number of rotatable bonds is 4. The molecule has 1 aliphatic carbocycles. The van der Waals surface area contributed by atoms with Gasteiger partial charge in [0.15, 0.2) is 0 Å². The van der Waals surface area contributed by atoms with Crippen molar-refractivity contribution in [2.45, 2.75) is 38.1 Å². The number of fused-ring (bicyclic) bond motifs is 2. The van der Waals surface area contributed by atoms with Crippen LogP contribution in [0.25, 0.3) is 22.1 Å². The number of anilines is 1. The number of pyridine rings is 1. The molecule has 2 unspecified atom stereocenters. The van der Waals surface area contributed by atoms with Crippen molar-refractivity contribution >= 4 is 27.9 Å². The van der Waals surface area contributed by atoms with Crippen LogP contribution in [0.1, 0.15) is 37.3 Å². The van der Waals surface area contributed by atoms with Gasteiger partial charge in [0.2, 0.25) is 0 Å². The normalized spacial score (nSPS) is 20.3. The highest BCUT2D eigenvalue weighted by Crippen LogP contribution is 2.38. The number of hydrogen-bond donors (Lipinski definition) is 2. The first-order valence-corrected chi connectivity index (χ1v) is 9.27. The third-order valence-electron chi connectivity index (χ3n) is 5.75. The molecule has 4 heterocycles. The number of nitrogen functional groups attached to an aromatic ring is 1. The summed E-state index contributed by atoms with van der Waals surface area (Å²) in [5, 5.41) is 2.16. The van der Waals surface area contributed by atoms with E-state index >= 15 is 0 Å². The number of nitrogens with one attached hydrogen (secondary N) is 1. The van der Waals surface area contributed by atoms with E-state index in [1.54, 1.807) is 6.33 Å². The average Bonchev–Trinajstić information content (AvgIpc) is 3.38. The Balaban J connectivity index is 1.27. The number of aromatic amines is 1. The molecule has 26 heavy (non-hydrogen) atoms. The molecule has 0 radical (unpaired) electrons. The minimum atomic E-state index is 0.511. The van der Waals surface area contributed by atoms with Gasteiger partial charge in [-0.05, 0) is 61.8 Å². The first-order chi connectivity index (χ1) is 12.8. The molecular weight excluding hydrogens is 324 g/mol. The molecule has 1 aliphatic rings. The van der Waals surface area contributed by atoms with E-state index in [-0.39, 0.29) is 0 Å². The molecule has 4 aromatic heterocycles. The Labute approximate surface area is 151 Å². The summed E-state index contributed by atoms with van der Waals surface area (Å²) >= 11 is 0. The molecule has 0 aliphatic heterocycles. The van der Waals surface area contributed by atoms with Crippen LogP contribution in [0.2, 0.25) is 0 Å². The molecule has 1 saturated carbocycles. The molecule has 3 N–H and O–H groups in total. The lowest BCUT2D eigenvalue weighted by molar-refractivity contribution is 0.461. The quantitative estimate of drug-likeness (QED) is 0.587. The monoisotopic (exact) mass is 346 g/mol. The van der Waals surface area contributed by atoms with Gasteiger partial charge in [-0.1, -0.05) is 0 Å². The van der Waals surface area contributed by atoms with Crippen molar-refractivity contribution in [2.24, 2.45) is 5.92 Å². The second-order valence-electron chi connectivity index (χ2n) is 7.35. The number of nitrogens with zero attached hydrogens (tertiary/aromatic N) is 4. The molecule has 0 saturated heterocycles. The molecule has 6 heteroatoms. The first kappa shape index (κ1) is 15.4. The van der Waals surface area contributed by atoms with Crippen LogP contribution in [0.3, 0.4) is 0 Å². The summed E-state index contributed by atoms with van der Waals surface area (Å²) in [6.45, 7) is 0. The Morgan fingerprint density at radius 2 is 2.15 bits per heavy atom. The summed E-state index contributed by atoms with van der Waals surface area (Å²) in [5.74, 6) is 1.31. The van der Waals surface area contributed by atoms with Gasteiger partial charge in [0.05, 0.1) is 5.39 Å². The molecule has 132 valence electrons. The van der Waals surface area contributed by atoms with Gasteiger partial charge in [0.1, 0.15) is 23.4 Å². The van der Waals surface area contributed by atoms with E-state index in [4.69, 9.17) is 5.73 Å². The van der Waals surface area contributed by atoms with Crippen LogP contribution < -0.4 is 5.73 Å². The van der Waals surface area contributed by atoms with Gasteiger partial charge in [-0.15, -0.1) is 0 Å². The van der Waals surface area contributed by atoms with Crippen LogP contribution in [0.5, 0.6) is 0 Å². The van der Waals surface area contributed by atoms with Gasteiger partial charge in [0, 0.05) is 30.0 Å². The summed E-state index contributed by atoms with van der Waals surface area (Å²) in [6, 6.07) is 6.89. The fourth-order valence-electron chi connectivity index (χ4n) is 4.34. The molecule has 1 fully saturated rings. The Morgan fingerprint density at radius 3 is 3.12 bits per heavy atom. The van der Waals surface area contributed by atoms with Crippen LogP contribution >= 0.6 is 0 Å². The maximum atomic E-state index is 5.97. The highest BCUT2D eigenvalue weighted by atomic mass is 15.1. The van der Waals surface area contributed by atoms with E-state index in [2.05, 4.69) is 42.8 Å². The van der Waals surface area contributed by atoms with E-state index in [1.165, 1.54) is 36.6 Å². The summed E-state index contributed by atoms with van der Waals surface area (Å²) in [4.78, 5) is 16.2. The molecule has 0 bridgehead atoms. The standard InChI is InChI=1S/C20H22N6/c21-18-17-6-8-26(20(17)25-12-24-18)16-4-3-13(10-16)1-2-14-9-15-5-7-22-19(15)23-11-14/h5-9,11-13,16H,1-4,10H2,(H,22,23)(H2,21,24,25). The second-order valence-corrected chi connectivity index (χ2v) is 7.35. The van der Waals surface area contributed by atoms with Gasteiger partial charge in [-0.25, -0.2) is 15.0 Å². The summed E-state index contributed by atoms with van der Waals surface area (Å²) in [6.07, 6.45) is 13.6. The lowest BCUT2D eigenvalue weighted by atomic mass is 9.98. The Kier molecular flexibility index (Phi) is 3.62. The Bertz CT molecular complexity index is 1060. The zero-order valence-electron chi connectivity index (χ0n) is 14.6. The zero-order chi connectivity index (χ0) is 17.5. The maximum Gasteiger partial charge on any atom is 0.145 e. The number of H-pyrrole nitrogens is 1. The van der Waals surface area contributed by atoms with Gasteiger partial charge < -0.3 is 15.3 Å². The summed E-state index contributed by atoms with van der Waals surface area (Å²) < 4.78 is 2.29. The third-order valence-corrected chi connectivity index (χ3v) is 5.75. The highest BCUT2D eigenvalue weighted by molar-refractivity contribution is 5.86. The van der Waals surface area contributed by atoms with Crippen molar-refractivity contribution in [3.63, 3.8) is 0 Å². The molecule has 0 amide bonds. The minimum Gasteiger partial charge on any atom is -0.383 e. The largest absolute Gasteiger partial charge is 0.383 e. The molecule has 5 rings (SSSR count). The fourth-order valence-corrected chi connectivity index (χ4v) is 4.34. The van der Waals surface area contributed by atoms with Crippen LogP contribution in [0.15, 0.2) is 43.1 Å². The van der Waals surface area contributed by atoms with Gasteiger partial charge in [-0.2, -0.15) is 0 Å². The number of aryl methyl sites for hydroxylation is 1. The van der Waals surface area contributed by atoms with Crippen molar-refractivity contribution in [2.75, 3.05) is 5.73 Å². The van der Waals surface area contributed by atoms with Crippen LogP contribution in [0.4, 0.5) is 5.82 Å². The van der Waals surface area contributed by atoms with Crippen LogP contribution in [-0.2, 0) is 6.42 Å². The minimum absolute atomic E-state index is 0.511. The summed E-state index contributed by atoms with van der Waals surface area (Å²) in [5.41, 5.74) is 9.22. The summed E-state index contributed by atoms with van der Waals surface area (Å²) in [7, 11) is 0. The predicted octanol–water partition coefficient (Wildman–Crippen LogP) is 3.86. The second kappa shape index (κ2) is 6.12. The van der Waals surface area contributed by atoms with Crippen molar-refractivity contribution in [3.8, 4) is 0 Å².